The van der Waals surface area contributed by atoms with Gasteiger partial charge in [0.25, 0.3) is 5.79 Å². The van der Waals surface area contributed by atoms with Crippen LogP contribution in [0.4, 0.5) is 4.79 Å². The summed E-state index contributed by atoms with van der Waals surface area (Å²) >= 11 is 0. The molecule has 0 aliphatic carbocycles. The molecule has 0 radical (unpaired) electrons. The number of nitrogens with one attached hydrogen (secondary N) is 2. The van der Waals surface area contributed by atoms with Crippen LogP contribution < -0.4 is 10.6 Å². The highest BCUT2D eigenvalue weighted by atomic mass is 16.7. The van der Waals surface area contributed by atoms with Gasteiger partial charge >= 0.3 is 12.1 Å². The number of aliphatic hydroxyl groups is 4. The maximum absolute atomic E-state index is 12.3. The maximum Gasteiger partial charge on any atom is 0.407 e. The summed E-state index contributed by atoms with van der Waals surface area (Å²) in [5, 5.41) is 54.0. The van der Waals surface area contributed by atoms with Gasteiger partial charge in [-0.3, -0.25) is 4.79 Å². The maximum atomic E-state index is 12.3. The van der Waals surface area contributed by atoms with E-state index in [0.717, 1.165) is 0 Å². The summed E-state index contributed by atoms with van der Waals surface area (Å²) in [5.74, 6) is -4.79. The minimum atomic E-state index is -2.36. The molecule has 0 aromatic rings. The summed E-state index contributed by atoms with van der Waals surface area (Å²) in [5.41, 5.74) is 0. The Kier molecular flexibility index (Phi) is 13.2. The van der Waals surface area contributed by atoms with Crippen LogP contribution in [-0.2, 0) is 33.3 Å². The van der Waals surface area contributed by atoms with Crippen molar-refractivity contribution in [3.8, 4) is 0 Å². The molecule has 1 aliphatic rings. The first kappa shape index (κ1) is 29.9. The number of hydrogen-bond donors (Lipinski definition) is 7. The second-order valence-electron chi connectivity index (χ2n) is 7.27. The van der Waals surface area contributed by atoms with Crippen LogP contribution in [0.5, 0.6) is 0 Å². The third-order valence-corrected chi connectivity index (χ3v) is 4.81. The fourth-order valence-corrected chi connectivity index (χ4v) is 3.15. The highest BCUT2D eigenvalue weighted by molar-refractivity contribution is 5.82. The quantitative estimate of drug-likeness (QED) is 0.109. The van der Waals surface area contributed by atoms with Crippen molar-refractivity contribution >= 4 is 18.0 Å². The molecule has 0 aromatic carbocycles. The number of carboxylic acids is 1. The van der Waals surface area contributed by atoms with Crippen LogP contribution in [0, 0.1) is 0 Å². The van der Waals surface area contributed by atoms with Gasteiger partial charge in [-0.15, -0.1) is 0 Å². The topological polar surface area (TPSA) is 223 Å². The molecule has 34 heavy (non-hydrogen) atoms. The van der Waals surface area contributed by atoms with Crippen LogP contribution in [0.3, 0.4) is 0 Å². The highest BCUT2D eigenvalue weighted by Crippen LogP contribution is 2.33. The van der Waals surface area contributed by atoms with Crippen molar-refractivity contribution in [2.45, 2.75) is 49.6 Å². The van der Waals surface area contributed by atoms with Crippen LogP contribution >= 0.6 is 0 Å². The SMILES string of the molecule is CCO[C@]1(C(=O)O)C[C@H](O)[C@@H](NC(=O)CNC(=O)OCCOCCOC)C([C@H](O)[C@H](O)CO)O1. The number of carbonyl (C=O) groups excluding carboxylic acids is 2. The Morgan fingerprint density at radius 1 is 1.18 bits per heavy atom. The van der Waals surface area contributed by atoms with E-state index < -0.39 is 73.8 Å². The van der Waals surface area contributed by atoms with Crippen molar-refractivity contribution in [3.05, 3.63) is 0 Å². The third-order valence-electron chi connectivity index (χ3n) is 4.81. The van der Waals surface area contributed by atoms with E-state index in [4.69, 9.17) is 28.8 Å². The van der Waals surface area contributed by atoms with Gasteiger partial charge in [-0.05, 0) is 6.92 Å². The number of methoxy groups -OCH3 is 1. The van der Waals surface area contributed by atoms with Crippen molar-refractivity contribution in [2.24, 2.45) is 0 Å². The first-order valence-corrected chi connectivity index (χ1v) is 10.6. The molecular formula is C19H34N2O13. The number of alkyl carbamates (subject to hydrolysis) is 1. The zero-order chi connectivity index (χ0) is 25.7. The van der Waals surface area contributed by atoms with Gasteiger partial charge in [-0.2, -0.15) is 0 Å². The molecule has 198 valence electrons. The lowest BCUT2D eigenvalue weighted by molar-refractivity contribution is -0.310. The van der Waals surface area contributed by atoms with E-state index >= 15 is 0 Å². The average Bonchev–Trinajstić information content (AvgIpc) is 2.80. The van der Waals surface area contributed by atoms with Crippen molar-refractivity contribution in [3.63, 3.8) is 0 Å². The Morgan fingerprint density at radius 2 is 1.85 bits per heavy atom. The summed E-state index contributed by atoms with van der Waals surface area (Å²) in [6.07, 6.45) is -8.49. The molecule has 2 amide bonds. The summed E-state index contributed by atoms with van der Waals surface area (Å²) in [6.45, 7) is 0.611. The zero-order valence-electron chi connectivity index (χ0n) is 19.0. The standard InChI is InChI=1S/C19H34N2O13/c1-3-33-19(17(27)28)8-11(23)14(16(34-19)15(26)12(24)10-22)21-13(25)9-20-18(29)32-7-6-31-5-4-30-2/h11-12,14-16,22-24,26H,3-10H2,1-2H3,(H,20,29)(H,21,25)(H,27,28)/t11-,12+,14+,15+,16?,19+/m0/s1. The van der Waals surface area contributed by atoms with E-state index in [1.54, 1.807) is 0 Å². The Morgan fingerprint density at radius 3 is 2.44 bits per heavy atom. The summed E-state index contributed by atoms with van der Waals surface area (Å²) < 4.78 is 25.3. The van der Waals surface area contributed by atoms with E-state index in [2.05, 4.69) is 10.6 Å². The van der Waals surface area contributed by atoms with E-state index in [9.17, 15) is 34.8 Å². The predicted molar refractivity (Wildman–Crippen MR) is 111 cm³/mol. The smallest absolute Gasteiger partial charge is 0.407 e. The second-order valence-corrected chi connectivity index (χ2v) is 7.27. The number of ether oxygens (including phenoxy) is 5. The Hall–Kier alpha value is -2.11. The predicted octanol–water partition coefficient (Wildman–Crippen LogP) is -3.46. The molecule has 0 spiro atoms. The minimum absolute atomic E-state index is 0.0750. The fourth-order valence-electron chi connectivity index (χ4n) is 3.15. The molecule has 1 saturated heterocycles. The summed E-state index contributed by atoms with van der Waals surface area (Å²) in [6, 6.07) is -1.41. The fraction of sp³-hybridized carbons (Fsp3) is 0.842. The van der Waals surface area contributed by atoms with Gasteiger partial charge in [0.2, 0.25) is 5.91 Å². The number of amides is 2. The van der Waals surface area contributed by atoms with Crippen molar-refractivity contribution in [1.29, 1.82) is 0 Å². The van der Waals surface area contributed by atoms with Crippen LogP contribution in [0.1, 0.15) is 13.3 Å². The highest BCUT2D eigenvalue weighted by Gasteiger charge is 2.55. The lowest BCUT2D eigenvalue weighted by Gasteiger charge is -2.46. The number of rotatable bonds is 15. The van der Waals surface area contributed by atoms with Gasteiger partial charge in [0.15, 0.2) is 0 Å². The third kappa shape index (κ3) is 8.92. The van der Waals surface area contributed by atoms with Gasteiger partial charge in [0.1, 0.15) is 31.5 Å². The Labute approximate surface area is 195 Å². The number of carbonyl (C=O) groups is 3. The molecule has 1 rings (SSSR count). The molecular weight excluding hydrogens is 464 g/mol. The molecule has 0 saturated carbocycles. The van der Waals surface area contributed by atoms with Gasteiger partial charge in [0.05, 0.1) is 38.6 Å². The lowest BCUT2D eigenvalue weighted by Crippen LogP contribution is -2.68. The minimum Gasteiger partial charge on any atom is -0.477 e. The summed E-state index contributed by atoms with van der Waals surface area (Å²) in [4.78, 5) is 35.8. The monoisotopic (exact) mass is 498 g/mol. The van der Waals surface area contributed by atoms with Gasteiger partial charge in [0, 0.05) is 20.1 Å². The summed E-state index contributed by atoms with van der Waals surface area (Å²) in [7, 11) is 1.51. The van der Waals surface area contributed by atoms with E-state index in [1.807, 2.05) is 0 Å². The molecule has 15 nitrogen and oxygen atoms in total. The normalized spacial score (nSPS) is 26.4. The Balaban J connectivity index is 2.74. The molecule has 0 aromatic heterocycles. The average molecular weight is 498 g/mol. The first-order valence-electron chi connectivity index (χ1n) is 10.6. The molecule has 1 heterocycles. The van der Waals surface area contributed by atoms with Gasteiger partial charge in [-0.25, -0.2) is 9.59 Å². The van der Waals surface area contributed by atoms with E-state index in [0.29, 0.717) is 13.2 Å². The lowest BCUT2D eigenvalue weighted by atomic mass is 9.88. The van der Waals surface area contributed by atoms with Gasteiger partial charge in [-0.1, -0.05) is 0 Å². The molecule has 1 aliphatic heterocycles. The first-order chi connectivity index (χ1) is 16.1. The number of aliphatic hydroxyl groups excluding tert-OH is 4. The van der Waals surface area contributed by atoms with Crippen molar-refractivity contribution in [1.82, 2.24) is 10.6 Å². The number of carboxylic acid groups (broad SMARTS) is 1. The van der Waals surface area contributed by atoms with Crippen LogP contribution in [0.15, 0.2) is 0 Å². The molecule has 1 unspecified atom stereocenters. The number of hydrogen-bond acceptors (Lipinski definition) is 12. The van der Waals surface area contributed by atoms with E-state index in [-0.39, 0.29) is 19.8 Å². The molecule has 7 N–H and O–H groups in total. The molecule has 1 fully saturated rings. The van der Waals surface area contributed by atoms with Crippen LogP contribution in [0.2, 0.25) is 0 Å². The second kappa shape index (κ2) is 15.0. The number of aliphatic carboxylic acids is 1. The van der Waals surface area contributed by atoms with Crippen LogP contribution in [0.25, 0.3) is 0 Å². The van der Waals surface area contributed by atoms with Crippen molar-refractivity contribution < 1.29 is 63.6 Å². The van der Waals surface area contributed by atoms with Crippen molar-refractivity contribution in [2.75, 3.05) is 53.3 Å². The van der Waals surface area contributed by atoms with Crippen LogP contribution in [-0.4, -0.2) is 133 Å². The van der Waals surface area contributed by atoms with E-state index in [1.165, 1.54) is 14.0 Å². The van der Waals surface area contributed by atoms with Gasteiger partial charge < -0.3 is 59.9 Å². The largest absolute Gasteiger partial charge is 0.477 e. The molecule has 15 heteroatoms. The molecule has 0 bridgehead atoms. The zero-order valence-corrected chi connectivity index (χ0v) is 19.0. The molecule has 6 atom stereocenters. The Bertz CT molecular complexity index is 652.